The third-order valence-electron chi connectivity index (χ3n) is 7.91. The van der Waals surface area contributed by atoms with E-state index in [-0.39, 0.29) is 62.9 Å². The Labute approximate surface area is 254 Å². The van der Waals surface area contributed by atoms with E-state index < -0.39 is 0 Å². The van der Waals surface area contributed by atoms with Gasteiger partial charge in [0.15, 0.2) is 17.1 Å². The number of pyridine rings is 1. The van der Waals surface area contributed by atoms with Gasteiger partial charge in [-0.05, 0) is 49.2 Å². The minimum absolute atomic E-state index is 0.0896. The molecular weight excluding hydrogens is 564 g/mol. The van der Waals surface area contributed by atoms with Crippen LogP contribution < -0.4 is 24.8 Å². The number of rotatable bonds is 2. The number of ether oxygens (including phenoxy) is 3. The molecule has 3 amide bonds. The number of methoxy groups -OCH3 is 1. The van der Waals surface area contributed by atoms with Crippen LogP contribution in [0.4, 0.5) is 5.69 Å². The van der Waals surface area contributed by atoms with Gasteiger partial charge >= 0.3 is 0 Å². The van der Waals surface area contributed by atoms with E-state index in [4.69, 9.17) is 14.2 Å². The SMILES string of the molecule is COc1ccc2cc1OCCN(C(=O)c1cc(C)nc3c1c(C)nn3C)CC(=O)NCCOc1ccc3c(c1)NC(=O)CC23. The van der Waals surface area contributed by atoms with Gasteiger partial charge in [-0.3, -0.25) is 19.1 Å². The first kappa shape index (κ1) is 29.0. The van der Waals surface area contributed by atoms with E-state index in [1.807, 2.05) is 44.2 Å². The maximum absolute atomic E-state index is 14.1. The van der Waals surface area contributed by atoms with E-state index in [9.17, 15) is 14.4 Å². The average Bonchev–Trinajstić information content (AvgIpc) is 3.29. The van der Waals surface area contributed by atoms with Gasteiger partial charge in [0.2, 0.25) is 11.8 Å². The Bertz CT molecular complexity index is 1780. The molecule has 0 saturated carbocycles. The summed E-state index contributed by atoms with van der Waals surface area (Å²) in [5.41, 5.74) is 4.89. The van der Waals surface area contributed by atoms with Crippen LogP contribution in [0.1, 0.15) is 45.2 Å². The first-order valence-corrected chi connectivity index (χ1v) is 14.5. The molecular formula is C32H34N6O6. The third kappa shape index (κ3) is 5.62. The summed E-state index contributed by atoms with van der Waals surface area (Å²) in [4.78, 5) is 45.8. The number of nitrogens with zero attached hydrogens (tertiary/aromatic N) is 4. The van der Waals surface area contributed by atoms with Crippen molar-refractivity contribution in [2.75, 3.05) is 45.3 Å². The van der Waals surface area contributed by atoms with Gasteiger partial charge in [0.1, 0.15) is 19.0 Å². The molecule has 3 aliphatic heterocycles. The van der Waals surface area contributed by atoms with Gasteiger partial charge in [-0.1, -0.05) is 12.1 Å². The molecule has 2 aromatic carbocycles. The summed E-state index contributed by atoms with van der Waals surface area (Å²) in [6.45, 7) is 4.11. The molecule has 0 radical (unpaired) electrons. The normalized spacial score (nSPS) is 17.2. The summed E-state index contributed by atoms with van der Waals surface area (Å²) in [5.74, 6) is 0.589. The van der Waals surface area contributed by atoms with Crippen LogP contribution in [-0.4, -0.2) is 77.3 Å². The Morgan fingerprint density at radius 2 is 1.89 bits per heavy atom. The van der Waals surface area contributed by atoms with E-state index in [1.165, 1.54) is 4.90 Å². The maximum Gasteiger partial charge on any atom is 0.255 e. The van der Waals surface area contributed by atoms with Gasteiger partial charge in [-0.2, -0.15) is 5.10 Å². The molecule has 0 aliphatic carbocycles. The molecule has 1 unspecified atom stereocenters. The maximum atomic E-state index is 14.1. The summed E-state index contributed by atoms with van der Waals surface area (Å²) >= 11 is 0. The van der Waals surface area contributed by atoms with Crippen LogP contribution in [0.2, 0.25) is 0 Å². The number of fused-ring (bicyclic) bond motifs is 11. The van der Waals surface area contributed by atoms with Crippen LogP contribution in [0.3, 0.4) is 0 Å². The van der Waals surface area contributed by atoms with Crippen molar-refractivity contribution in [2.45, 2.75) is 26.2 Å². The standard InChI is InChI=1S/C32H34N6O6/c1-18-13-24(30-19(2)36-37(3)31(30)34-18)32(41)38-10-12-44-27-14-20(5-8-26(27)42-4)23-16-28(39)35-25-15-21(6-7-22(23)25)43-11-9-33-29(40)17-38/h5-8,13-15,23H,9-12,16-17H2,1-4H3,(H,33,40)(H,35,39). The lowest BCUT2D eigenvalue weighted by atomic mass is 9.84. The number of carbonyl (C=O) groups is 3. The number of anilines is 1. The molecule has 0 spiro atoms. The zero-order chi connectivity index (χ0) is 31.0. The van der Waals surface area contributed by atoms with Crippen LogP contribution in [0, 0.1) is 13.8 Å². The molecule has 6 bridgehead atoms. The molecule has 0 fully saturated rings. The number of aromatic nitrogens is 3. The van der Waals surface area contributed by atoms with Crippen LogP contribution in [0.15, 0.2) is 42.5 Å². The van der Waals surface area contributed by atoms with Crippen LogP contribution in [0.25, 0.3) is 11.0 Å². The Morgan fingerprint density at radius 1 is 1.05 bits per heavy atom. The molecule has 2 N–H and O–H groups in total. The Kier molecular flexibility index (Phi) is 7.81. The summed E-state index contributed by atoms with van der Waals surface area (Å²) in [5, 5.41) is 10.9. The highest BCUT2D eigenvalue weighted by Gasteiger charge is 2.29. The highest BCUT2D eigenvalue weighted by molar-refractivity contribution is 6.07. The highest BCUT2D eigenvalue weighted by atomic mass is 16.5. The van der Waals surface area contributed by atoms with Gasteiger partial charge in [-0.15, -0.1) is 0 Å². The fourth-order valence-corrected chi connectivity index (χ4v) is 5.87. The van der Waals surface area contributed by atoms with Crippen molar-refractivity contribution < 1.29 is 28.6 Å². The Morgan fingerprint density at radius 3 is 2.70 bits per heavy atom. The van der Waals surface area contributed by atoms with Crippen molar-refractivity contribution >= 4 is 34.4 Å². The highest BCUT2D eigenvalue weighted by Crippen LogP contribution is 2.41. The fraction of sp³-hybridized carbons (Fsp3) is 0.344. The van der Waals surface area contributed by atoms with E-state index in [1.54, 1.807) is 31.0 Å². The second-order valence-electron chi connectivity index (χ2n) is 11.0. The van der Waals surface area contributed by atoms with Gasteiger partial charge in [0, 0.05) is 36.8 Å². The second kappa shape index (κ2) is 11.9. The number of hydrogen-bond acceptors (Lipinski definition) is 8. The molecule has 7 rings (SSSR count). The molecule has 44 heavy (non-hydrogen) atoms. The largest absolute Gasteiger partial charge is 0.493 e. The number of amides is 3. The average molecular weight is 599 g/mol. The molecule has 228 valence electrons. The Hall–Kier alpha value is -5.13. The van der Waals surface area contributed by atoms with Crippen LogP contribution >= 0.6 is 0 Å². The molecule has 5 heterocycles. The zero-order valence-electron chi connectivity index (χ0n) is 25.1. The van der Waals surface area contributed by atoms with Crippen LogP contribution in [0.5, 0.6) is 17.2 Å². The summed E-state index contributed by atoms with van der Waals surface area (Å²) in [6, 6.07) is 12.9. The Balaban J connectivity index is 1.35. The van der Waals surface area contributed by atoms with E-state index in [0.717, 1.165) is 11.1 Å². The monoisotopic (exact) mass is 598 g/mol. The van der Waals surface area contributed by atoms with Gasteiger partial charge in [-0.25, -0.2) is 4.98 Å². The van der Waals surface area contributed by atoms with E-state index >= 15 is 0 Å². The van der Waals surface area contributed by atoms with Crippen molar-refractivity contribution in [3.05, 3.63) is 70.5 Å². The van der Waals surface area contributed by atoms with Crippen LogP contribution in [-0.2, 0) is 16.6 Å². The molecule has 0 saturated heterocycles. The van der Waals surface area contributed by atoms with Crippen molar-refractivity contribution in [1.29, 1.82) is 0 Å². The van der Waals surface area contributed by atoms with Gasteiger partial charge < -0.3 is 29.7 Å². The molecule has 12 heteroatoms. The number of aryl methyl sites for hydroxylation is 3. The van der Waals surface area contributed by atoms with Crippen molar-refractivity contribution in [3.8, 4) is 17.2 Å². The third-order valence-corrected chi connectivity index (χ3v) is 7.91. The minimum atomic E-state index is -0.340. The molecule has 2 aromatic heterocycles. The molecule has 12 nitrogen and oxygen atoms in total. The summed E-state index contributed by atoms with van der Waals surface area (Å²) in [7, 11) is 3.34. The topological polar surface area (TPSA) is 137 Å². The summed E-state index contributed by atoms with van der Waals surface area (Å²) in [6.07, 6.45) is 0.279. The molecule has 3 aliphatic rings. The zero-order valence-corrected chi connectivity index (χ0v) is 25.1. The predicted molar refractivity (Wildman–Crippen MR) is 162 cm³/mol. The molecule has 4 aromatic rings. The number of benzene rings is 2. The first-order valence-electron chi connectivity index (χ1n) is 14.5. The van der Waals surface area contributed by atoms with Crippen molar-refractivity contribution in [1.82, 2.24) is 25.0 Å². The second-order valence-corrected chi connectivity index (χ2v) is 11.0. The summed E-state index contributed by atoms with van der Waals surface area (Å²) < 4.78 is 19.3. The molecule has 1 atom stereocenters. The first-order chi connectivity index (χ1) is 21.2. The lowest BCUT2D eigenvalue weighted by Crippen LogP contribution is -2.43. The smallest absolute Gasteiger partial charge is 0.255 e. The van der Waals surface area contributed by atoms with E-state index in [2.05, 4.69) is 20.7 Å². The predicted octanol–water partition coefficient (Wildman–Crippen LogP) is 3.10. The van der Waals surface area contributed by atoms with Crippen molar-refractivity contribution in [3.63, 3.8) is 0 Å². The number of carbonyl (C=O) groups excluding carboxylic acids is 3. The van der Waals surface area contributed by atoms with Crippen molar-refractivity contribution in [2.24, 2.45) is 7.05 Å². The van der Waals surface area contributed by atoms with Gasteiger partial charge in [0.25, 0.3) is 5.91 Å². The lowest BCUT2D eigenvalue weighted by Gasteiger charge is -2.27. The lowest BCUT2D eigenvalue weighted by molar-refractivity contribution is -0.122. The fourth-order valence-electron chi connectivity index (χ4n) is 5.87. The minimum Gasteiger partial charge on any atom is -0.493 e. The number of hydrogen-bond donors (Lipinski definition) is 2. The van der Waals surface area contributed by atoms with E-state index in [0.29, 0.717) is 50.9 Å². The number of nitrogens with one attached hydrogen (secondary N) is 2. The van der Waals surface area contributed by atoms with Gasteiger partial charge in [0.05, 0.1) is 43.4 Å². The quantitative estimate of drug-likeness (QED) is 0.336.